The van der Waals surface area contributed by atoms with Gasteiger partial charge in [-0.05, 0) is 46.5 Å². The molecule has 0 aromatic heterocycles. The van der Waals surface area contributed by atoms with Gasteiger partial charge in [0, 0.05) is 26.2 Å². The Labute approximate surface area is 134 Å². The Morgan fingerprint density at radius 2 is 1.30 bits per heavy atom. The zero-order chi connectivity index (χ0) is 18.0. The van der Waals surface area contributed by atoms with Gasteiger partial charge in [-0.3, -0.25) is 4.79 Å². The van der Waals surface area contributed by atoms with Crippen molar-refractivity contribution in [1.82, 2.24) is 9.80 Å². The van der Waals surface area contributed by atoms with Crippen LogP contribution in [0.5, 0.6) is 0 Å². The van der Waals surface area contributed by atoms with Gasteiger partial charge in [-0.1, -0.05) is 0 Å². The van der Waals surface area contributed by atoms with Crippen molar-refractivity contribution >= 4 is 12.0 Å². The lowest BCUT2D eigenvalue weighted by atomic mass is 9.89. The molecule has 1 rings (SSSR count). The standard InChI is InChI=1S/C15H25F3N2O3/c1-14(2,3)23-13(22)20(5)11-8-6-10(7-9-11)19(4)12(21)15(16,17)18/h10-11H,6-9H2,1-5H3. The van der Waals surface area contributed by atoms with Gasteiger partial charge in [0.2, 0.25) is 0 Å². The number of alkyl halides is 3. The van der Waals surface area contributed by atoms with E-state index in [4.69, 9.17) is 4.74 Å². The number of hydrogen-bond donors (Lipinski definition) is 0. The highest BCUT2D eigenvalue weighted by atomic mass is 19.4. The number of nitrogens with zero attached hydrogens (tertiary/aromatic N) is 2. The second-order valence-corrected chi connectivity index (χ2v) is 6.97. The molecule has 8 heteroatoms. The third kappa shape index (κ3) is 5.58. The van der Waals surface area contributed by atoms with Crippen molar-refractivity contribution in [3.8, 4) is 0 Å². The molecule has 0 aromatic carbocycles. The number of carbonyl (C=O) groups is 2. The summed E-state index contributed by atoms with van der Waals surface area (Å²) in [6, 6.07) is -0.539. The van der Waals surface area contributed by atoms with E-state index in [2.05, 4.69) is 0 Å². The van der Waals surface area contributed by atoms with Crippen LogP contribution in [0.3, 0.4) is 0 Å². The van der Waals surface area contributed by atoms with Crippen molar-refractivity contribution in [2.45, 2.75) is 70.3 Å². The molecule has 1 saturated carbocycles. The fraction of sp³-hybridized carbons (Fsp3) is 0.867. The molecule has 2 amide bonds. The maximum Gasteiger partial charge on any atom is 0.471 e. The summed E-state index contributed by atoms with van der Waals surface area (Å²) in [5, 5.41) is 0. The molecule has 1 aliphatic rings. The van der Waals surface area contributed by atoms with Crippen LogP contribution in [-0.2, 0) is 9.53 Å². The first-order chi connectivity index (χ1) is 10.3. The van der Waals surface area contributed by atoms with Gasteiger partial charge in [-0.25, -0.2) is 4.79 Å². The maximum atomic E-state index is 12.5. The highest BCUT2D eigenvalue weighted by molar-refractivity contribution is 5.81. The van der Waals surface area contributed by atoms with Crippen LogP contribution in [0.2, 0.25) is 0 Å². The Hall–Kier alpha value is -1.47. The third-order valence-electron chi connectivity index (χ3n) is 4.01. The summed E-state index contributed by atoms with van der Waals surface area (Å²) in [6.07, 6.45) is -3.36. The quantitative estimate of drug-likeness (QED) is 0.777. The Bertz CT molecular complexity index is 438. The van der Waals surface area contributed by atoms with Gasteiger partial charge in [0.25, 0.3) is 0 Å². The Kier molecular flexibility index (Phi) is 5.93. The van der Waals surface area contributed by atoms with Crippen LogP contribution in [0.15, 0.2) is 0 Å². The van der Waals surface area contributed by atoms with Crippen LogP contribution in [0.1, 0.15) is 46.5 Å². The van der Waals surface area contributed by atoms with E-state index >= 15 is 0 Å². The number of halogens is 3. The summed E-state index contributed by atoms with van der Waals surface area (Å²) in [6.45, 7) is 5.31. The lowest BCUT2D eigenvalue weighted by molar-refractivity contribution is -0.186. The molecule has 0 aromatic rings. The van der Waals surface area contributed by atoms with Crippen LogP contribution in [0.25, 0.3) is 0 Å². The molecular weight excluding hydrogens is 313 g/mol. The third-order valence-corrected chi connectivity index (χ3v) is 4.01. The topological polar surface area (TPSA) is 49.9 Å². The van der Waals surface area contributed by atoms with Crippen molar-refractivity contribution in [1.29, 1.82) is 0 Å². The SMILES string of the molecule is CN(C(=O)OC(C)(C)C)C1CCC(N(C)C(=O)C(F)(F)F)CC1. The Morgan fingerprint density at radius 1 is 0.913 bits per heavy atom. The largest absolute Gasteiger partial charge is 0.471 e. The van der Waals surface area contributed by atoms with E-state index in [9.17, 15) is 22.8 Å². The number of hydrogen-bond acceptors (Lipinski definition) is 3. The van der Waals surface area contributed by atoms with Gasteiger partial charge in [0.05, 0.1) is 0 Å². The van der Waals surface area contributed by atoms with Crippen molar-refractivity contribution in [3.63, 3.8) is 0 Å². The van der Waals surface area contributed by atoms with Crippen LogP contribution in [0.4, 0.5) is 18.0 Å². The number of rotatable bonds is 2. The van der Waals surface area contributed by atoms with Gasteiger partial charge >= 0.3 is 18.2 Å². The molecule has 0 spiro atoms. The van der Waals surface area contributed by atoms with Gasteiger partial charge < -0.3 is 14.5 Å². The highest BCUT2D eigenvalue weighted by Gasteiger charge is 2.44. The monoisotopic (exact) mass is 338 g/mol. The zero-order valence-corrected chi connectivity index (χ0v) is 14.2. The van der Waals surface area contributed by atoms with E-state index in [1.54, 1.807) is 27.8 Å². The predicted molar refractivity (Wildman–Crippen MR) is 78.9 cm³/mol. The lowest BCUT2D eigenvalue weighted by Crippen LogP contribution is -2.49. The highest BCUT2D eigenvalue weighted by Crippen LogP contribution is 2.28. The van der Waals surface area contributed by atoms with Crippen LogP contribution < -0.4 is 0 Å². The maximum absolute atomic E-state index is 12.5. The van der Waals surface area contributed by atoms with Gasteiger partial charge in [-0.15, -0.1) is 0 Å². The first-order valence-electron chi connectivity index (χ1n) is 7.62. The Morgan fingerprint density at radius 3 is 1.65 bits per heavy atom. The predicted octanol–water partition coefficient (Wildman–Crippen LogP) is 3.19. The normalized spacial score (nSPS) is 22.4. The lowest BCUT2D eigenvalue weighted by Gasteiger charge is -2.38. The summed E-state index contributed by atoms with van der Waals surface area (Å²) >= 11 is 0. The van der Waals surface area contributed by atoms with E-state index < -0.39 is 29.8 Å². The molecule has 23 heavy (non-hydrogen) atoms. The first kappa shape index (κ1) is 19.6. The second kappa shape index (κ2) is 6.97. The molecule has 0 radical (unpaired) electrons. The molecule has 0 unspecified atom stereocenters. The van der Waals surface area contributed by atoms with Gasteiger partial charge in [-0.2, -0.15) is 13.2 Å². The molecule has 0 atom stereocenters. The van der Waals surface area contributed by atoms with E-state index in [0.29, 0.717) is 25.7 Å². The fourth-order valence-electron chi connectivity index (χ4n) is 2.68. The smallest absolute Gasteiger partial charge is 0.444 e. The molecule has 0 bridgehead atoms. The fourth-order valence-corrected chi connectivity index (χ4v) is 2.68. The van der Waals surface area contributed by atoms with E-state index in [-0.39, 0.29) is 6.04 Å². The minimum atomic E-state index is -4.85. The van der Waals surface area contributed by atoms with Crippen LogP contribution in [0, 0.1) is 0 Å². The van der Waals surface area contributed by atoms with Crippen molar-refractivity contribution in [2.75, 3.05) is 14.1 Å². The minimum absolute atomic E-state index is 0.0875. The van der Waals surface area contributed by atoms with Gasteiger partial charge in [0.1, 0.15) is 5.60 Å². The summed E-state index contributed by atoms with van der Waals surface area (Å²) in [5.41, 5.74) is -0.595. The average molecular weight is 338 g/mol. The number of ether oxygens (including phenoxy) is 1. The molecule has 0 saturated heterocycles. The summed E-state index contributed by atoms with van der Waals surface area (Å²) in [4.78, 5) is 25.5. The minimum Gasteiger partial charge on any atom is -0.444 e. The van der Waals surface area contributed by atoms with Crippen molar-refractivity contribution < 1.29 is 27.5 Å². The first-order valence-corrected chi connectivity index (χ1v) is 7.62. The van der Waals surface area contributed by atoms with Crippen molar-refractivity contribution in [3.05, 3.63) is 0 Å². The second-order valence-electron chi connectivity index (χ2n) is 6.97. The summed E-state index contributed by atoms with van der Waals surface area (Å²) < 4.78 is 42.7. The van der Waals surface area contributed by atoms with Gasteiger partial charge in [0.15, 0.2) is 0 Å². The van der Waals surface area contributed by atoms with Crippen LogP contribution in [-0.4, -0.2) is 59.8 Å². The summed E-state index contributed by atoms with van der Waals surface area (Å²) in [7, 11) is 2.81. The molecule has 0 heterocycles. The number of carbonyl (C=O) groups excluding carboxylic acids is 2. The zero-order valence-electron chi connectivity index (χ0n) is 14.2. The average Bonchev–Trinajstić information content (AvgIpc) is 2.42. The molecule has 1 aliphatic carbocycles. The van der Waals surface area contributed by atoms with E-state index in [0.717, 1.165) is 4.90 Å². The molecule has 0 N–H and O–H groups in total. The molecule has 1 fully saturated rings. The molecule has 5 nitrogen and oxygen atoms in total. The summed E-state index contributed by atoms with van der Waals surface area (Å²) in [5.74, 6) is -1.82. The molecule has 134 valence electrons. The van der Waals surface area contributed by atoms with Crippen LogP contribution >= 0.6 is 0 Å². The molecule has 0 aliphatic heterocycles. The van der Waals surface area contributed by atoms with E-state index in [1.807, 2.05) is 0 Å². The number of amides is 2. The van der Waals surface area contributed by atoms with E-state index in [1.165, 1.54) is 11.9 Å². The Balaban J connectivity index is 2.55. The van der Waals surface area contributed by atoms with Crippen molar-refractivity contribution in [2.24, 2.45) is 0 Å². The molecular formula is C15H25F3N2O3.